The lowest BCUT2D eigenvalue weighted by atomic mass is 9.85. The number of hydrazone groups is 1. The smallest absolute Gasteiger partial charge is 0.343 e. The third-order valence-corrected chi connectivity index (χ3v) is 6.65. The fourth-order valence-corrected chi connectivity index (χ4v) is 4.61. The maximum absolute atomic E-state index is 13.0. The molecule has 5 rings (SSSR count). The molecule has 1 saturated carbocycles. The minimum Gasteiger partial charge on any atom is -0.423 e. The Morgan fingerprint density at radius 3 is 2.00 bits per heavy atom. The maximum atomic E-state index is 13.0. The normalized spacial score (nSPS) is 15.5. The molecule has 0 radical (unpaired) electrons. The SMILES string of the molecule is O=C(Oc1ccc(/C=N\NC(=O)[C@H]2CC2(c2ccccc2)c2ccccc2)cc1)c1ccc([N+](=O)[O-])cc1. The number of hydrogen-bond donors (Lipinski definition) is 1. The monoisotopic (exact) mass is 505 g/mol. The molecule has 1 atom stereocenters. The topological polar surface area (TPSA) is 111 Å². The van der Waals surface area contributed by atoms with Gasteiger partial charge in [0.25, 0.3) is 5.69 Å². The van der Waals surface area contributed by atoms with Crippen LogP contribution in [0.2, 0.25) is 0 Å². The summed E-state index contributed by atoms with van der Waals surface area (Å²) in [6.45, 7) is 0. The van der Waals surface area contributed by atoms with Gasteiger partial charge in [0, 0.05) is 17.5 Å². The van der Waals surface area contributed by atoms with E-state index in [9.17, 15) is 19.7 Å². The molecular formula is C30H23N3O5. The third kappa shape index (κ3) is 5.05. The highest BCUT2D eigenvalue weighted by atomic mass is 16.6. The van der Waals surface area contributed by atoms with Gasteiger partial charge in [0.1, 0.15) is 5.75 Å². The Labute approximate surface area is 218 Å². The summed E-state index contributed by atoms with van der Waals surface area (Å²) in [6.07, 6.45) is 2.23. The molecule has 0 spiro atoms. The van der Waals surface area contributed by atoms with Crippen molar-refractivity contribution >= 4 is 23.8 Å². The van der Waals surface area contributed by atoms with E-state index in [1.165, 1.54) is 30.5 Å². The van der Waals surface area contributed by atoms with Gasteiger partial charge in [0.2, 0.25) is 5.91 Å². The van der Waals surface area contributed by atoms with Crippen molar-refractivity contribution < 1.29 is 19.2 Å². The first-order chi connectivity index (χ1) is 18.5. The Morgan fingerprint density at radius 1 is 0.868 bits per heavy atom. The van der Waals surface area contributed by atoms with Crippen molar-refractivity contribution in [1.29, 1.82) is 0 Å². The first kappa shape index (κ1) is 24.6. The van der Waals surface area contributed by atoms with Gasteiger partial charge in [-0.2, -0.15) is 5.10 Å². The Bertz CT molecular complexity index is 1450. The lowest BCUT2D eigenvalue weighted by Crippen LogP contribution is -2.25. The van der Waals surface area contributed by atoms with Crippen molar-refractivity contribution in [3.8, 4) is 5.75 Å². The summed E-state index contributed by atoms with van der Waals surface area (Å²) in [5.74, 6) is -0.699. The van der Waals surface area contributed by atoms with E-state index in [0.29, 0.717) is 17.7 Å². The summed E-state index contributed by atoms with van der Waals surface area (Å²) in [7, 11) is 0. The number of nitro groups is 1. The Balaban J connectivity index is 1.20. The van der Waals surface area contributed by atoms with Crippen molar-refractivity contribution in [2.75, 3.05) is 0 Å². The first-order valence-electron chi connectivity index (χ1n) is 12.0. The van der Waals surface area contributed by atoms with Crippen molar-refractivity contribution in [3.05, 3.63) is 142 Å². The number of rotatable bonds is 8. The van der Waals surface area contributed by atoms with E-state index in [4.69, 9.17) is 4.74 Å². The van der Waals surface area contributed by atoms with Crippen LogP contribution in [0.5, 0.6) is 5.75 Å². The number of ether oxygens (including phenoxy) is 1. The fraction of sp³-hybridized carbons (Fsp3) is 0.100. The average molecular weight is 506 g/mol. The zero-order valence-corrected chi connectivity index (χ0v) is 20.2. The van der Waals surface area contributed by atoms with Gasteiger partial charge in [-0.1, -0.05) is 60.7 Å². The minimum atomic E-state index is -0.627. The van der Waals surface area contributed by atoms with Crippen LogP contribution in [0.25, 0.3) is 0 Å². The van der Waals surface area contributed by atoms with E-state index in [1.54, 1.807) is 24.3 Å². The van der Waals surface area contributed by atoms with Gasteiger partial charge < -0.3 is 4.74 Å². The number of non-ortho nitro benzene ring substituents is 1. The standard InChI is InChI=1S/C30H23N3O5/c34-28(27-19-30(27,23-7-3-1-4-8-23)24-9-5-2-6-10-24)32-31-20-21-11-17-26(18-12-21)38-29(35)22-13-15-25(16-14-22)33(36)37/h1-18,20,27H,19H2,(H,32,34)/b31-20-/t27-/m1/s1. The molecule has 0 heterocycles. The molecule has 4 aromatic rings. The Hall–Kier alpha value is -5.11. The van der Waals surface area contributed by atoms with Crippen LogP contribution in [0.4, 0.5) is 5.69 Å². The van der Waals surface area contributed by atoms with E-state index in [0.717, 1.165) is 11.1 Å². The number of nitrogens with zero attached hydrogens (tertiary/aromatic N) is 2. The molecule has 188 valence electrons. The van der Waals surface area contributed by atoms with Gasteiger partial charge >= 0.3 is 5.97 Å². The molecule has 38 heavy (non-hydrogen) atoms. The number of esters is 1. The lowest BCUT2D eigenvalue weighted by Gasteiger charge is -2.18. The molecule has 0 unspecified atom stereocenters. The summed E-state index contributed by atoms with van der Waals surface area (Å²) in [5, 5.41) is 14.9. The zero-order chi connectivity index (χ0) is 26.5. The zero-order valence-electron chi connectivity index (χ0n) is 20.2. The van der Waals surface area contributed by atoms with Gasteiger partial charge in [-0.15, -0.1) is 0 Å². The van der Waals surface area contributed by atoms with Crippen molar-refractivity contribution in [2.45, 2.75) is 11.8 Å². The number of nitrogens with one attached hydrogen (secondary N) is 1. The fourth-order valence-electron chi connectivity index (χ4n) is 4.61. The number of hydrogen-bond acceptors (Lipinski definition) is 6. The number of nitro benzene ring substituents is 1. The molecule has 0 aliphatic heterocycles. The number of carbonyl (C=O) groups excluding carboxylic acids is 2. The van der Waals surface area contributed by atoms with E-state index in [2.05, 4.69) is 34.8 Å². The van der Waals surface area contributed by atoms with Crippen LogP contribution in [0, 0.1) is 16.0 Å². The first-order valence-corrected chi connectivity index (χ1v) is 12.0. The molecule has 0 aromatic heterocycles. The number of benzene rings is 4. The predicted molar refractivity (Wildman–Crippen MR) is 142 cm³/mol. The highest BCUT2D eigenvalue weighted by Gasteiger charge is 2.60. The summed E-state index contributed by atoms with van der Waals surface area (Å²) < 4.78 is 5.32. The van der Waals surface area contributed by atoms with Gasteiger partial charge in [0.05, 0.1) is 22.6 Å². The van der Waals surface area contributed by atoms with E-state index in [-0.39, 0.29) is 28.5 Å². The average Bonchev–Trinajstić information content (AvgIpc) is 3.72. The molecule has 1 N–H and O–H groups in total. The van der Waals surface area contributed by atoms with Crippen LogP contribution < -0.4 is 10.2 Å². The quantitative estimate of drug-likeness (QED) is 0.115. The predicted octanol–water partition coefficient (Wildman–Crippen LogP) is 5.27. The number of carbonyl (C=O) groups is 2. The lowest BCUT2D eigenvalue weighted by molar-refractivity contribution is -0.384. The summed E-state index contributed by atoms with van der Waals surface area (Å²) in [5.41, 5.74) is 5.31. The molecule has 8 nitrogen and oxygen atoms in total. The third-order valence-electron chi connectivity index (χ3n) is 6.65. The highest BCUT2D eigenvalue weighted by molar-refractivity contribution is 5.91. The van der Waals surface area contributed by atoms with Gasteiger partial charge in [-0.25, -0.2) is 10.2 Å². The second kappa shape index (κ2) is 10.5. The summed E-state index contributed by atoms with van der Waals surface area (Å²) >= 11 is 0. The van der Waals surface area contributed by atoms with Gasteiger partial charge in [0.15, 0.2) is 0 Å². The minimum absolute atomic E-state index is 0.107. The van der Waals surface area contributed by atoms with E-state index >= 15 is 0 Å². The van der Waals surface area contributed by atoms with Crippen molar-refractivity contribution in [3.63, 3.8) is 0 Å². The van der Waals surface area contributed by atoms with Crippen LogP contribution >= 0.6 is 0 Å². The molecular weight excluding hydrogens is 482 g/mol. The molecule has 1 aliphatic rings. The van der Waals surface area contributed by atoms with E-state index < -0.39 is 10.9 Å². The van der Waals surface area contributed by atoms with Crippen LogP contribution in [0.3, 0.4) is 0 Å². The molecule has 0 saturated heterocycles. The van der Waals surface area contributed by atoms with Crippen molar-refractivity contribution in [2.24, 2.45) is 11.0 Å². The Morgan fingerprint density at radius 2 is 1.45 bits per heavy atom. The summed E-state index contributed by atoms with van der Waals surface area (Å²) in [6, 6.07) is 31.9. The second-order valence-electron chi connectivity index (χ2n) is 8.96. The molecule has 1 amide bonds. The molecule has 8 heteroatoms. The van der Waals surface area contributed by atoms with E-state index in [1.807, 2.05) is 36.4 Å². The second-order valence-corrected chi connectivity index (χ2v) is 8.96. The highest BCUT2D eigenvalue weighted by Crippen LogP contribution is 2.58. The number of amides is 1. The molecule has 4 aromatic carbocycles. The largest absolute Gasteiger partial charge is 0.423 e. The molecule has 1 aliphatic carbocycles. The maximum Gasteiger partial charge on any atom is 0.343 e. The van der Waals surface area contributed by atoms with Crippen LogP contribution in [-0.2, 0) is 10.2 Å². The molecule has 1 fully saturated rings. The van der Waals surface area contributed by atoms with Crippen molar-refractivity contribution in [1.82, 2.24) is 5.43 Å². The molecule has 0 bridgehead atoms. The van der Waals surface area contributed by atoms with Crippen LogP contribution in [-0.4, -0.2) is 23.0 Å². The van der Waals surface area contributed by atoms with Crippen LogP contribution in [0.1, 0.15) is 33.5 Å². The van der Waals surface area contributed by atoms with Crippen LogP contribution in [0.15, 0.2) is 114 Å². The summed E-state index contributed by atoms with van der Waals surface area (Å²) in [4.78, 5) is 35.5. The van der Waals surface area contributed by atoms with Gasteiger partial charge in [-0.3, -0.25) is 14.9 Å². The Kier molecular flexibility index (Phi) is 6.78. The van der Waals surface area contributed by atoms with Gasteiger partial charge in [-0.05, 0) is 59.5 Å².